The summed E-state index contributed by atoms with van der Waals surface area (Å²) in [6.45, 7) is 2.29. The first-order valence-electron chi connectivity index (χ1n) is 11.4. The third kappa shape index (κ3) is 5.85. The van der Waals surface area contributed by atoms with Crippen molar-refractivity contribution in [3.8, 4) is 0 Å². The number of nitrogen functional groups attached to an aromatic ring is 1. The van der Waals surface area contributed by atoms with Crippen LogP contribution in [0.5, 0.6) is 0 Å². The van der Waals surface area contributed by atoms with Gasteiger partial charge in [-0.15, -0.1) is 0 Å². The van der Waals surface area contributed by atoms with Gasteiger partial charge in [0.2, 0.25) is 0 Å². The van der Waals surface area contributed by atoms with Crippen LogP contribution in [0.1, 0.15) is 99.8 Å². The summed E-state index contributed by atoms with van der Waals surface area (Å²) in [5, 5.41) is 0. The fourth-order valence-corrected chi connectivity index (χ4v) is 4.69. The Morgan fingerprint density at radius 2 is 1.36 bits per heavy atom. The Morgan fingerprint density at radius 1 is 0.786 bits per heavy atom. The maximum Gasteiger partial charge on any atom is 0.0551 e. The van der Waals surface area contributed by atoms with E-state index in [-0.39, 0.29) is 6.04 Å². The molecular weight excluding hydrogens is 340 g/mol. The number of hydrogen-bond donors (Lipinski definition) is 2. The molecule has 1 unspecified atom stereocenters. The Balaban J connectivity index is 1.47. The van der Waals surface area contributed by atoms with Gasteiger partial charge < -0.3 is 11.5 Å². The first kappa shape index (κ1) is 20.9. The number of benzene rings is 2. The predicted octanol–water partition coefficient (Wildman–Crippen LogP) is 6.95. The Bertz CT molecular complexity index is 681. The average Bonchev–Trinajstić information content (AvgIpc) is 2.74. The predicted molar refractivity (Wildman–Crippen MR) is 121 cm³/mol. The molecule has 1 aliphatic carbocycles. The van der Waals surface area contributed by atoms with Crippen molar-refractivity contribution in [2.24, 2.45) is 11.7 Å². The molecule has 152 valence electrons. The molecule has 1 saturated carbocycles. The topological polar surface area (TPSA) is 52.0 Å². The monoisotopic (exact) mass is 378 g/mol. The molecule has 4 N–H and O–H groups in total. The van der Waals surface area contributed by atoms with E-state index < -0.39 is 0 Å². The van der Waals surface area contributed by atoms with E-state index in [1.54, 1.807) is 0 Å². The molecule has 0 radical (unpaired) electrons. The van der Waals surface area contributed by atoms with Gasteiger partial charge >= 0.3 is 0 Å². The molecule has 0 aromatic heterocycles. The van der Waals surface area contributed by atoms with Crippen molar-refractivity contribution >= 4 is 5.69 Å². The molecule has 0 aliphatic heterocycles. The molecule has 0 bridgehead atoms. The lowest BCUT2D eigenvalue weighted by Gasteiger charge is -2.29. The van der Waals surface area contributed by atoms with Crippen LogP contribution in [0.25, 0.3) is 0 Å². The van der Waals surface area contributed by atoms with Crippen molar-refractivity contribution in [3.05, 3.63) is 65.2 Å². The van der Waals surface area contributed by atoms with Gasteiger partial charge in [-0.3, -0.25) is 0 Å². The van der Waals surface area contributed by atoms with Gasteiger partial charge in [0.05, 0.1) is 6.04 Å². The Morgan fingerprint density at radius 3 is 1.96 bits per heavy atom. The van der Waals surface area contributed by atoms with Gasteiger partial charge in [0.1, 0.15) is 0 Å². The first-order chi connectivity index (χ1) is 13.7. The Labute approximate surface area is 171 Å². The maximum atomic E-state index is 6.45. The summed E-state index contributed by atoms with van der Waals surface area (Å²) >= 11 is 0. The van der Waals surface area contributed by atoms with Crippen LogP contribution in [0.15, 0.2) is 48.5 Å². The number of anilines is 1. The standard InChI is InChI=1S/C26H38N2/c1-2-3-4-5-6-7-20-8-10-21(11-9-20)22-12-14-23(15-13-22)26(28)24-16-18-25(27)19-17-24/h12-21,26H,2-11,27-28H2,1H3. The van der Waals surface area contributed by atoms with Crippen LogP contribution in [0.2, 0.25) is 0 Å². The summed E-state index contributed by atoms with van der Waals surface area (Å²) in [5.41, 5.74) is 16.8. The Kier molecular flexibility index (Phi) is 7.97. The van der Waals surface area contributed by atoms with Crippen molar-refractivity contribution in [1.29, 1.82) is 0 Å². The van der Waals surface area contributed by atoms with E-state index in [0.717, 1.165) is 23.1 Å². The van der Waals surface area contributed by atoms with Gasteiger partial charge in [-0.2, -0.15) is 0 Å². The lowest BCUT2D eigenvalue weighted by molar-refractivity contribution is 0.302. The molecule has 28 heavy (non-hydrogen) atoms. The quantitative estimate of drug-likeness (QED) is 0.366. The zero-order valence-corrected chi connectivity index (χ0v) is 17.6. The van der Waals surface area contributed by atoms with Gasteiger partial charge in [-0.1, -0.05) is 81.8 Å². The fraction of sp³-hybridized carbons (Fsp3) is 0.538. The van der Waals surface area contributed by atoms with Crippen LogP contribution in [-0.2, 0) is 0 Å². The van der Waals surface area contributed by atoms with E-state index in [9.17, 15) is 0 Å². The highest BCUT2D eigenvalue weighted by Gasteiger charge is 2.22. The molecule has 2 aromatic rings. The molecule has 2 heteroatoms. The zero-order valence-electron chi connectivity index (χ0n) is 17.6. The van der Waals surface area contributed by atoms with Crippen molar-refractivity contribution in [2.45, 2.75) is 83.1 Å². The average molecular weight is 379 g/mol. The summed E-state index contributed by atoms with van der Waals surface area (Å²) in [7, 11) is 0. The van der Waals surface area contributed by atoms with Crippen LogP contribution in [-0.4, -0.2) is 0 Å². The van der Waals surface area contributed by atoms with Crippen molar-refractivity contribution in [2.75, 3.05) is 5.73 Å². The number of unbranched alkanes of at least 4 members (excludes halogenated alkanes) is 4. The fourth-order valence-electron chi connectivity index (χ4n) is 4.69. The van der Waals surface area contributed by atoms with Gasteiger partial charge in [0.25, 0.3) is 0 Å². The van der Waals surface area contributed by atoms with Crippen molar-refractivity contribution < 1.29 is 0 Å². The SMILES string of the molecule is CCCCCCCC1CCC(c2ccc(C(N)c3ccc(N)cc3)cc2)CC1. The molecule has 1 aliphatic rings. The number of hydrogen-bond acceptors (Lipinski definition) is 2. The zero-order chi connectivity index (χ0) is 19.8. The normalized spacial score (nSPS) is 20.8. The second kappa shape index (κ2) is 10.7. The van der Waals surface area contributed by atoms with Crippen LogP contribution in [0.3, 0.4) is 0 Å². The minimum atomic E-state index is -0.0851. The lowest BCUT2D eigenvalue weighted by Crippen LogP contribution is -2.14. The van der Waals surface area contributed by atoms with Gasteiger partial charge in [0, 0.05) is 5.69 Å². The van der Waals surface area contributed by atoms with E-state index in [1.165, 1.54) is 75.3 Å². The van der Waals surface area contributed by atoms with Crippen molar-refractivity contribution in [1.82, 2.24) is 0 Å². The van der Waals surface area contributed by atoms with Gasteiger partial charge in [-0.05, 0) is 66.3 Å². The van der Waals surface area contributed by atoms with E-state index >= 15 is 0 Å². The minimum absolute atomic E-state index is 0.0851. The van der Waals surface area contributed by atoms with E-state index in [0.29, 0.717) is 0 Å². The summed E-state index contributed by atoms with van der Waals surface area (Å²) in [6.07, 6.45) is 14.0. The van der Waals surface area contributed by atoms with E-state index in [1.807, 2.05) is 24.3 Å². The third-order valence-corrected chi connectivity index (χ3v) is 6.63. The minimum Gasteiger partial charge on any atom is -0.399 e. The summed E-state index contributed by atoms with van der Waals surface area (Å²) in [5.74, 6) is 1.70. The van der Waals surface area contributed by atoms with Crippen LogP contribution >= 0.6 is 0 Å². The summed E-state index contributed by atoms with van der Waals surface area (Å²) < 4.78 is 0. The molecule has 3 rings (SSSR count). The summed E-state index contributed by atoms with van der Waals surface area (Å²) in [6, 6.07) is 16.9. The molecule has 1 fully saturated rings. The van der Waals surface area contributed by atoms with Crippen LogP contribution in [0, 0.1) is 5.92 Å². The van der Waals surface area contributed by atoms with Gasteiger partial charge in [0.15, 0.2) is 0 Å². The highest BCUT2D eigenvalue weighted by atomic mass is 14.6. The van der Waals surface area contributed by atoms with Crippen LogP contribution in [0.4, 0.5) is 5.69 Å². The second-order valence-corrected chi connectivity index (χ2v) is 8.73. The lowest BCUT2D eigenvalue weighted by atomic mass is 9.77. The number of rotatable bonds is 9. The Hall–Kier alpha value is -1.80. The molecule has 2 aromatic carbocycles. The van der Waals surface area contributed by atoms with E-state index in [2.05, 4.69) is 31.2 Å². The largest absolute Gasteiger partial charge is 0.399 e. The molecule has 1 atom stereocenters. The molecule has 0 saturated heterocycles. The molecule has 0 amide bonds. The van der Waals surface area contributed by atoms with E-state index in [4.69, 9.17) is 11.5 Å². The maximum absolute atomic E-state index is 6.45. The summed E-state index contributed by atoms with van der Waals surface area (Å²) in [4.78, 5) is 0. The van der Waals surface area contributed by atoms with Crippen LogP contribution < -0.4 is 11.5 Å². The number of nitrogens with two attached hydrogens (primary N) is 2. The van der Waals surface area contributed by atoms with Gasteiger partial charge in [-0.25, -0.2) is 0 Å². The highest BCUT2D eigenvalue weighted by Crippen LogP contribution is 2.38. The molecule has 0 spiro atoms. The molecular formula is C26H38N2. The van der Waals surface area contributed by atoms with Crippen molar-refractivity contribution in [3.63, 3.8) is 0 Å². The second-order valence-electron chi connectivity index (χ2n) is 8.73. The first-order valence-corrected chi connectivity index (χ1v) is 11.4. The third-order valence-electron chi connectivity index (χ3n) is 6.63. The highest BCUT2D eigenvalue weighted by molar-refractivity contribution is 5.42. The molecule has 0 heterocycles. The smallest absolute Gasteiger partial charge is 0.0551 e. The molecule has 2 nitrogen and oxygen atoms in total.